The molecule has 0 atom stereocenters. The fraction of sp³-hybridized carbons (Fsp3) is 0.130. The molecule has 1 heterocycles. The molecule has 0 aromatic heterocycles. The Bertz CT molecular complexity index is 1030. The van der Waals surface area contributed by atoms with Crippen molar-refractivity contribution < 1.29 is 14.0 Å². The van der Waals surface area contributed by atoms with E-state index in [1.54, 1.807) is 35.2 Å². The van der Waals surface area contributed by atoms with Gasteiger partial charge < -0.3 is 10.2 Å². The lowest BCUT2D eigenvalue weighted by Gasteiger charge is -2.29. The van der Waals surface area contributed by atoms with E-state index in [2.05, 4.69) is 11.4 Å². The molecular weight excluding hydrogens is 355 g/mol. The number of para-hydroxylation sites is 1. The van der Waals surface area contributed by atoms with Crippen molar-refractivity contribution in [2.75, 3.05) is 16.8 Å². The fourth-order valence-electron chi connectivity index (χ4n) is 3.43. The summed E-state index contributed by atoms with van der Waals surface area (Å²) < 4.78 is 13.3. The van der Waals surface area contributed by atoms with Crippen molar-refractivity contribution in [3.63, 3.8) is 0 Å². The van der Waals surface area contributed by atoms with Gasteiger partial charge in [0.25, 0.3) is 11.8 Å². The second kappa shape index (κ2) is 7.64. The van der Waals surface area contributed by atoms with Crippen molar-refractivity contribution in [2.45, 2.75) is 12.8 Å². The molecule has 4 rings (SSSR count). The molecular formula is C23H19FN2O2. The number of hydrogen-bond donors (Lipinski definition) is 1. The average Bonchev–Trinajstić information content (AvgIpc) is 2.73. The number of fused-ring (bicyclic) bond motifs is 1. The van der Waals surface area contributed by atoms with Gasteiger partial charge in [-0.2, -0.15) is 0 Å². The zero-order valence-electron chi connectivity index (χ0n) is 15.2. The quantitative estimate of drug-likeness (QED) is 0.724. The normalized spacial score (nSPS) is 13.0. The molecule has 1 aliphatic heterocycles. The van der Waals surface area contributed by atoms with Crippen molar-refractivity contribution in [1.82, 2.24) is 0 Å². The number of hydrogen-bond acceptors (Lipinski definition) is 2. The smallest absolute Gasteiger partial charge is 0.258 e. The van der Waals surface area contributed by atoms with Gasteiger partial charge in [-0.15, -0.1) is 0 Å². The SMILES string of the molecule is O=C(Nc1ccc(C(=O)N2CCCc3ccccc32)cc1)c1cccc(F)c1. The van der Waals surface area contributed by atoms with Crippen LogP contribution in [0.2, 0.25) is 0 Å². The molecule has 0 radical (unpaired) electrons. The molecule has 0 unspecified atom stereocenters. The highest BCUT2D eigenvalue weighted by Crippen LogP contribution is 2.28. The van der Waals surface area contributed by atoms with Crippen molar-refractivity contribution in [2.24, 2.45) is 0 Å². The molecule has 0 saturated heterocycles. The Morgan fingerprint density at radius 3 is 2.46 bits per heavy atom. The maximum atomic E-state index is 13.3. The second-order valence-electron chi connectivity index (χ2n) is 6.73. The summed E-state index contributed by atoms with van der Waals surface area (Å²) in [6, 6.07) is 20.2. The molecule has 0 bridgehead atoms. The van der Waals surface area contributed by atoms with Crippen LogP contribution >= 0.6 is 0 Å². The summed E-state index contributed by atoms with van der Waals surface area (Å²) in [6.07, 6.45) is 1.91. The summed E-state index contributed by atoms with van der Waals surface area (Å²) >= 11 is 0. The average molecular weight is 374 g/mol. The maximum Gasteiger partial charge on any atom is 0.258 e. The first-order valence-corrected chi connectivity index (χ1v) is 9.18. The molecule has 3 aromatic carbocycles. The summed E-state index contributed by atoms with van der Waals surface area (Å²) in [7, 11) is 0. The monoisotopic (exact) mass is 374 g/mol. The van der Waals surface area contributed by atoms with Gasteiger partial charge in [-0.25, -0.2) is 4.39 Å². The van der Waals surface area contributed by atoms with E-state index in [0.29, 0.717) is 17.8 Å². The molecule has 1 N–H and O–H groups in total. The van der Waals surface area contributed by atoms with Crippen LogP contribution in [0, 0.1) is 5.82 Å². The van der Waals surface area contributed by atoms with Crippen molar-refractivity contribution in [3.05, 3.63) is 95.3 Å². The number of nitrogens with zero attached hydrogens (tertiary/aromatic N) is 1. The molecule has 4 nitrogen and oxygen atoms in total. The van der Waals surface area contributed by atoms with Gasteiger partial charge in [-0.3, -0.25) is 9.59 Å². The molecule has 0 fully saturated rings. The maximum absolute atomic E-state index is 13.3. The number of rotatable bonds is 3. The van der Waals surface area contributed by atoms with Gasteiger partial charge in [0.05, 0.1) is 0 Å². The van der Waals surface area contributed by atoms with E-state index in [9.17, 15) is 14.0 Å². The minimum Gasteiger partial charge on any atom is -0.322 e. The van der Waals surface area contributed by atoms with Crippen LogP contribution in [0.25, 0.3) is 0 Å². The summed E-state index contributed by atoms with van der Waals surface area (Å²) in [5.41, 5.74) is 3.48. The lowest BCUT2D eigenvalue weighted by Crippen LogP contribution is -2.35. The number of carbonyl (C=O) groups is 2. The van der Waals surface area contributed by atoms with Gasteiger partial charge in [0, 0.05) is 29.0 Å². The van der Waals surface area contributed by atoms with Gasteiger partial charge in [0.2, 0.25) is 0 Å². The summed E-state index contributed by atoms with van der Waals surface area (Å²) in [5, 5.41) is 2.72. The Morgan fingerprint density at radius 1 is 0.893 bits per heavy atom. The highest BCUT2D eigenvalue weighted by molar-refractivity contribution is 6.07. The highest BCUT2D eigenvalue weighted by Gasteiger charge is 2.23. The zero-order chi connectivity index (χ0) is 19.5. The number of carbonyl (C=O) groups excluding carboxylic acids is 2. The molecule has 5 heteroatoms. The van der Waals surface area contributed by atoms with E-state index >= 15 is 0 Å². The Balaban J connectivity index is 1.49. The Morgan fingerprint density at radius 2 is 1.68 bits per heavy atom. The first-order chi connectivity index (χ1) is 13.6. The number of benzene rings is 3. The first-order valence-electron chi connectivity index (χ1n) is 9.18. The molecule has 28 heavy (non-hydrogen) atoms. The lowest BCUT2D eigenvalue weighted by atomic mass is 10.0. The number of aryl methyl sites for hydroxylation is 1. The number of anilines is 2. The van der Waals surface area contributed by atoms with Crippen LogP contribution in [0.4, 0.5) is 15.8 Å². The molecule has 0 spiro atoms. The second-order valence-corrected chi connectivity index (χ2v) is 6.73. The number of amides is 2. The minimum absolute atomic E-state index is 0.0600. The van der Waals surface area contributed by atoms with E-state index in [1.165, 1.54) is 23.8 Å². The van der Waals surface area contributed by atoms with Crippen molar-refractivity contribution in [1.29, 1.82) is 0 Å². The molecule has 1 aliphatic rings. The Kier molecular flexibility index (Phi) is 4.89. The predicted octanol–water partition coefficient (Wildman–Crippen LogP) is 4.67. The third-order valence-electron chi connectivity index (χ3n) is 4.83. The highest BCUT2D eigenvalue weighted by atomic mass is 19.1. The molecule has 0 aliphatic carbocycles. The van der Waals surface area contributed by atoms with E-state index < -0.39 is 11.7 Å². The van der Waals surface area contributed by atoms with Crippen molar-refractivity contribution >= 4 is 23.2 Å². The minimum atomic E-state index is -0.463. The Labute approximate surface area is 162 Å². The zero-order valence-corrected chi connectivity index (χ0v) is 15.2. The van der Waals surface area contributed by atoms with Crippen LogP contribution < -0.4 is 10.2 Å². The van der Waals surface area contributed by atoms with Gasteiger partial charge in [-0.1, -0.05) is 24.3 Å². The molecule has 3 aromatic rings. The fourth-order valence-corrected chi connectivity index (χ4v) is 3.43. The van der Waals surface area contributed by atoms with Crippen LogP contribution in [0.5, 0.6) is 0 Å². The molecule has 0 saturated carbocycles. The summed E-state index contributed by atoms with van der Waals surface area (Å²) in [5.74, 6) is -0.922. The van der Waals surface area contributed by atoms with E-state index in [4.69, 9.17) is 0 Å². The summed E-state index contributed by atoms with van der Waals surface area (Å²) in [6.45, 7) is 0.688. The summed E-state index contributed by atoms with van der Waals surface area (Å²) in [4.78, 5) is 27.0. The largest absolute Gasteiger partial charge is 0.322 e. The van der Waals surface area contributed by atoms with Crippen LogP contribution in [-0.2, 0) is 6.42 Å². The molecule has 2 amide bonds. The van der Waals surface area contributed by atoms with Gasteiger partial charge >= 0.3 is 0 Å². The van der Waals surface area contributed by atoms with E-state index in [-0.39, 0.29) is 11.5 Å². The number of nitrogens with one attached hydrogen (secondary N) is 1. The van der Waals surface area contributed by atoms with Crippen molar-refractivity contribution in [3.8, 4) is 0 Å². The topological polar surface area (TPSA) is 49.4 Å². The van der Waals surface area contributed by atoms with Crippen LogP contribution in [0.15, 0.2) is 72.8 Å². The van der Waals surface area contributed by atoms with Crippen LogP contribution in [0.1, 0.15) is 32.7 Å². The van der Waals surface area contributed by atoms with Gasteiger partial charge in [0.15, 0.2) is 0 Å². The van der Waals surface area contributed by atoms with Gasteiger partial charge in [0.1, 0.15) is 5.82 Å². The third-order valence-corrected chi connectivity index (χ3v) is 4.83. The van der Waals surface area contributed by atoms with Gasteiger partial charge in [-0.05, 0) is 66.9 Å². The van der Waals surface area contributed by atoms with E-state index in [0.717, 1.165) is 18.5 Å². The van der Waals surface area contributed by atoms with Crippen LogP contribution in [0.3, 0.4) is 0 Å². The third kappa shape index (κ3) is 3.64. The lowest BCUT2D eigenvalue weighted by molar-refractivity contribution is 0.0984. The predicted molar refractivity (Wildman–Crippen MR) is 107 cm³/mol. The number of halogens is 1. The Hall–Kier alpha value is -3.47. The van der Waals surface area contributed by atoms with Crippen LogP contribution in [-0.4, -0.2) is 18.4 Å². The first kappa shape index (κ1) is 17.9. The van der Waals surface area contributed by atoms with E-state index in [1.807, 2.05) is 18.2 Å². The molecule has 140 valence electrons. The standard InChI is InChI=1S/C23H19FN2O2/c24-19-8-3-6-18(15-19)22(27)25-20-12-10-17(11-13-20)23(28)26-14-4-7-16-5-1-2-9-21(16)26/h1-3,5-6,8-13,15H,4,7,14H2,(H,25,27).